The van der Waals surface area contributed by atoms with Crippen molar-refractivity contribution >= 4 is 27.6 Å². The average molecular weight is 452 g/mol. The van der Waals surface area contributed by atoms with Crippen LogP contribution in [0.5, 0.6) is 11.8 Å². The van der Waals surface area contributed by atoms with Crippen molar-refractivity contribution in [1.29, 1.82) is 0 Å². The van der Waals surface area contributed by atoms with Gasteiger partial charge >= 0.3 is 6.01 Å². The zero-order valence-electron chi connectivity index (χ0n) is 18.7. The third-order valence-corrected chi connectivity index (χ3v) is 6.42. The Bertz CT molecular complexity index is 1340. The second-order valence-corrected chi connectivity index (χ2v) is 8.58. The van der Waals surface area contributed by atoms with Crippen LogP contribution < -0.4 is 15.8 Å². The van der Waals surface area contributed by atoms with Gasteiger partial charge in [0.05, 0.1) is 35.4 Å². The van der Waals surface area contributed by atoms with Gasteiger partial charge in [-0.05, 0) is 44.7 Å². The summed E-state index contributed by atoms with van der Waals surface area (Å²) >= 11 is 0. The molecule has 0 saturated heterocycles. The molecule has 3 atom stereocenters. The number of nitrogens with two attached hydrogens (primary N) is 1. The number of anilines is 1. The lowest BCUT2D eigenvalue weighted by Crippen LogP contribution is -2.40. The molecule has 3 heterocycles. The van der Waals surface area contributed by atoms with Gasteiger partial charge in [0.15, 0.2) is 5.75 Å². The van der Waals surface area contributed by atoms with E-state index in [2.05, 4.69) is 25.3 Å². The van der Waals surface area contributed by atoms with Gasteiger partial charge in [-0.2, -0.15) is 9.97 Å². The van der Waals surface area contributed by atoms with Crippen LogP contribution in [0.25, 0.3) is 21.9 Å². The van der Waals surface area contributed by atoms with E-state index in [-0.39, 0.29) is 23.8 Å². The number of aliphatic hydroxyl groups is 1. The normalized spacial score (nSPS) is 21.0. The molecule has 0 amide bonds. The molecule has 9 nitrogen and oxygen atoms in total. The molecule has 172 valence electrons. The lowest BCUT2D eigenvalue weighted by molar-refractivity contribution is 0.100. The van der Waals surface area contributed by atoms with Gasteiger partial charge in [-0.15, -0.1) is 0 Å². The number of nitrogens with one attached hydrogen (secondary N) is 2. The predicted molar refractivity (Wildman–Crippen MR) is 123 cm³/mol. The molecule has 1 aromatic carbocycles. The number of aryl methyl sites for hydroxylation is 2. The van der Waals surface area contributed by atoms with Crippen LogP contribution in [-0.4, -0.2) is 49.2 Å². The standard InChI is InChI=1S/C23H26FN7O2/c1-10-14(24)7-16(26-3)21-18(10)19-20(12-4-5-17(32)15(25)6-12)30-23(31-22(19)29-21)33-13-8-27-11(2)28-9-13/h7-9,12,15,17,26,32H,4-6,25H2,1-3H3,(H,29,30,31). The van der Waals surface area contributed by atoms with E-state index in [1.807, 2.05) is 0 Å². The summed E-state index contributed by atoms with van der Waals surface area (Å²) in [6.45, 7) is 3.54. The van der Waals surface area contributed by atoms with E-state index in [1.54, 1.807) is 33.3 Å². The van der Waals surface area contributed by atoms with E-state index in [4.69, 9.17) is 15.5 Å². The molecule has 0 aliphatic heterocycles. The molecule has 1 fully saturated rings. The first kappa shape index (κ1) is 21.5. The molecule has 5 N–H and O–H groups in total. The Hall–Kier alpha value is -3.37. The summed E-state index contributed by atoms with van der Waals surface area (Å²) in [4.78, 5) is 21.0. The van der Waals surface area contributed by atoms with Crippen molar-refractivity contribution in [2.45, 2.75) is 51.2 Å². The van der Waals surface area contributed by atoms with Gasteiger partial charge in [0.1, 0.15) is 17.3 Å². The molecule has 4 aromatic rings. The molecule has 0 spiro atoms. The van der Waals surface area contributed by atoms with E-state index in [0.29, 0.717) is 47.7 Å². The highest BCUT2D eigenvalue weighted by Crippen LogP contribution is 2.41. The van der Waals surface area contributed by atoms with Crippen molar-refractivity contribution in [3.8, 4) is 11.8 Å². The summed E-state index contributed by atoms with van der Waals surface area (Å²) < 4.78 is 20.7. The maximum Gasteiger partial charge on any atom is 0.324 e. The summed E-state index contributed by atoms with van der Waals surface area (Å²) in [5, 5.41) is 14.7. The number of H-pyrrole nitrogens is 1. The number of fused-ring (bicyclic) bond motifs is 3. The minimum Gasteiger partial charge on any atom is -0.421 e. The molecule has 1 aliphatic rings. The number of aromatic amines is 1. The van der Waals surface area contributed by atoms with Crippen LogP contribution in [0.3, 0.4) is 0 Å². The third kappa shape index (κ3) is 3.75. The summed E-state index contributed by atoms with van der Waals surface area (Å²) in [6, 6.07) is 1.24. The molecule has 10 heteroatoms. The summed E-state index contributed by atoms with van der Waals surface area (Å²) in [5.41, 5.74) is 9.36. The minimum atomic E-state index is -0.544. The van der Waals surface area contributed by atoms with Crippen LogP contribution in [0.1, 0.15) is 42.3 Å². The third-order valence-electron chi connectivity index (χ3n) is 6.42. The van der Waals surface area contributed by atoms with Crippen molar-refractivity contribution in [1.82, 2.24) is 24.9 Å². The molecule has 0 radical (unpaired) electrons. The lowest BCUT2D eigenvalue weighted by atomic mass is 9.81. The van der Waals surface area contributed by atoms with Crippen molar-refractivity contribution in [2.24, 2.45) is 5.73 Å². The second kappa shape index (κ2) is 8.20. The molecule has 3 unspecified atom stereocenters. The molecule has 3 aromatic heterocycles. The first-order valence-corrected chi connectivity index (χ1v) is 11.0. The van der Waals surface area contributed by atoms with Gasteiger partial charge in [0.25, 0.3) is 0 Å². The maximum absolute atomic E-state index is 14.8. The van der Waals surface area contributed by atoms with Crippen LogP contribution in [-0.2, 0) is 0 Å². The van der Waals surface area contributed by atoms with Gasteiger partial charge < -0.3 is 25.9 Å². The molecular weight excluding hydrogens is 425 g/mol. The van der Waals surface area contributed by atoms with Gasteiger partial charge in [-0.1, -0.05) is 0 Å². The number of aliphatic hydroxyl groups excluding tert-OH is 1. The number of hydrogen-bond acceptors (Lipinski definition) is 8. The smallest absolute Gasteiger partial charge is 0.324 e. The Morgan fingerprint density at radius 2 is 1.94 bits per heavy atom. The van der Waals surface area contributed by atoms with Crippen LogP contribution in [0.15, 0.2) is 18.5 Å². The van der Waals surface area contributed by atoms with Gasteiger partial charge in [0.2, 0.25) is 0 Å². The van der Waals surface area contributed by atoms with Crippen LogP contribution in [0.4, 0.5) is 10.1 Å². The van der Waals surface area contributed by atoms with E-state index in [0.717, 1.165) is 22.0 Å². The topological polar surface area (TPSA) is 135 Å². The predicted octanol–water partition coefficient (Wildman–Crippen LogP) is 3.45. The highest BCUT2D eigenvalue weighted by Gasteiger charge is 2.31. The lowest BCUT2D eigenvalue weighted by Gasteiger charge is -2.30. The van der Waals surface area contributed by atoms with Crippen molar-refractivity contribution in [2.75, 3.05) is 12.4 Å². The average Bonchev–Trinajstić information content (AvgIpc) is 3.19. The Balaban J connectivity index is 1.73. The van der Waals surface area contributed by atoms with Crippen LogP contribution >= 0.6 is 0 Å². The Kier molecular flexibility index (Phi) is 5.34. The Morgan fingerprint density at radius 1 is 1.18 bits per heavy atom. The number of halogens is 1. The first-order chi connectivity index (χ1) is 15.9. The molecule has 33 heavy (non-hydrogen) atoms. The zero-order valence-corrected chi connectivity index (χ0v) is 18.7. The number of nitrogens with zero attached hydrogens (tertiary/aromatic N) is 4. The summed E-state index contributed by atoms with van der Waals surface area (Å²) in [7, 11) is 1.75. The number of ether oxygens (including phenoxy) is 1. The molecular formula is C23H26FN7O2. The second-order valence-electron chi connectivity index (χ2n) is 8.58. The number of hydrogen-bond donors (Lipinski definition) is 4. The maximum atomic E-state index is 14.8. The Morgan fingerprint density at radius 3 is 2.64 bits per heavy atom. The summed E-state index contributed by atoms with van der Waals surface area (Å²) in [5.74, 6) is 0.689. The largest absolute Gasteiger partial charge is 0.421 e. The van der Waals surface area contributed by atoms with E-state index in [1.165, 1.54) is 6.07 Å². The number of aromatic nitrogens is 5. The molecule has 5 rings (SSSR count). The van der Waals surface area contributed by atoms with Crippen LogP contribution in [0.2, 0.25) is 0 Å². The quantitative estimate of drug-likeness (QED) is 0.371. The fourth-order valence-corrected chi connectivity index (χ4v) is 4.62. The number of benzene rings is 1. The summed E-state index contributed by atoms with van der Waals surface area (Å²) in [6.07, 6.45) is 4.40. The first-order valence-electron chi connectivity index (χ1n) is 11.0. The highest BCUT2D eigenvalue weighted by atomic mass is 19.1. The monoisotopic (exact) mass is 451 g/mol. The van der Waals surface area contributed by atoms with Gasteiger partial charge in [-0.3, -0.25) is 0 Å². The van der Waals surface area contributed by atoms with Crippen molar-refractivity contribution in [3.05, 3.63) is 41.4 Å². The zero-order chi connectivity index (χ0) is 23.3. The highest BCUT2D eigenvalue weighted by molar-refractivity contribution is 6.13. The van der Waals surface area contributed by atoms with E-state index < -0.39 is 6.10 Å². The SMILES string of the molecule is CNc1cc(F)c(C)c2c1[nH]c1nc(Oc3cnc(C)nc3)nc(C3CCC(O)C(N)C3)c12. The van der Waals surface area contributed by atoms with Gasteiger partial charge in [0, 0.05) is 29.8 Å². The fraction of sp³-hybridized carbons (Fsp3) is 0.391. The van der Waals surface area contributed by atoms with E-state index >= 15 is 0 Å². The van der Waals surface area contributed by atoms with Crippen LogP contribution in [0, 0.1) is 19.7 Å². The number of rotatable bonds is 4. The van der Waals surface area contributed by atoms with Gasteiger partial charge in [-0.25, -0.2) is 14.4 Å². The van der Waals surface area contributed by atoms with Crippen molar-refractivity contribution < 1.29 is 14.2 Å². The van der Waals surface area contributed by atoms with Crippen molar-refractivity contribution in [3.63, 3.8) is 0 Å². The molecule has 0 bridgehead atoms. The molecule has 1 saturated carbocycles. The van der Waals surface area contributed by atoms with E-state index in [9.17, 15) is 9.50 Å². The molecule has 1 aliphatic carbocycles. The Labute approximate surface area is 189 Å². The minimum absolute atomic E-state index is 0.0368. The fourth-order valence-electron chi connectivity index (χ4n) is 4.62.